The molecule has 0 saturated carbocycles. The molecule has 2 amide bonds. The molecule has 0 radical (unpaired) electrons. The maximum absolute atomic E-state index is 13.9. The number of hydrogen-bond acceptors (Lipinski definition) is 12. The number of para-hydroxylation sites is 2. The summed E-state index contributed by atoms with van der Waals surface area (Å²) < 4.78 is 144. The highest BCUT2D eigenvalue weighted by atomic mass is 32.2. The number of fused-ring (bicyclic) bond motifs is 4. The lowest BCUT2D eigenvalue weighted by Crippen LogP contribution is -2.23. The van der Waals surface area contributed by atoms with Crippen molar-refractivity contribution in [3.63, 3.8) is 0 Å². The van der Waals surface area contributed by atoms with Crippen molar-refractivity contribution in [3.05, 3.63) is 179 Å². The minimum Gasteiger partial charge on any atom is -0.443 e. The first-order valence-corrected chi connectivity index (χ1v) is 26.4. The van der Waals surface area contributed by atoms with E-state index in [1.165, 1.54) is 73.5 Å². The molecule has 0 aliphatic heterocycles. The van der Waals surface area contributed by atoms with E-state index in [2.05, 4.69) is 30.6 Å². The number of oxazole rings is 2. The Morgan fingerprint density at radius 3 is 1.42 bits per heavy atom. The summed E-state index contributed by atoms with van der Waals surface area (Å²) in [6.07, 6.45) is -7.00. The first-order chi connectivity index (χ1) is 36.1. The molecule has 24 heteroatoms. The van der Waals surface area contributed by atoms with Crippen LogP contribution in [0.25, 0.3) is 44.3 Å². The average Bonchev–Trinajstić information content (AvgIpc) is 4.24. The molecule has 0 unspecified atom stereocenters. The predicted octanol–water partition coefficient (Wildman–Crippen LogP) is 9.94. The minimum atomic E-state index is -4.73. The Morgan fingerprint density at radius 2 is 0.961 bits per heavy atom. The molecule has 0 bridgehead atoms. The van der Waals surface area contributed by atoms with E-state index in [0.717, 1.165) is 9.13 Å². The molecule has 4 aromatic heterocycles. The Morgan fingerprint density at radius 1 is 0.526 bits per heavy atom. The van der Waals surface area contributed by atoms with E-state index in [1.807, 2.05) is 0 Å². The van der Waals surface area contributed by atoms with Gasteiger partial charge in [-0.05, 0) is 83.9 Å². The quantitative estimate of drug-likeness (QED) is 0.0974. The van der Waals surface area contributed by atoms with Crippen LogP contribution in [0.2, 0.25) is 0 Å². The van der Waals surface area contributed by atoms with Gasteiger partial charge in [0.1, 0.15) is 11.0 Å². The number of alkyl halides is 6. The molecule has 0 atom stereocenters. The van der Waals surface area contributed by atoms with Crippen molar-refractivity contribution in [2.24, 2.45) is 0 Å². The Bertz CT molecular complexity index is 4030. The predicted molar refractivity (Wildman–Crippen MR) is 266 cm³/mol. The maximum atomic E-state index is 13.9. The van der Waals surface area contributed by atoms with Gasteiger partial charge in [-0.2, -0.15) is 26.3 Å². The van der Waals surface area contributed by atoms with Crippen molar-refractivity contribution in [2.45, 2.75) is 62.2 Å². The molecule has 0 aliphatic rings. The van der Waals surface area contributed by atoms with E-state index >= 15 is 0 Å². The second-order valence-electron chi connectivity index (χ2n) is 17.1. The number of hydrogen-bond donors (Lipinski definition) is 2. The molecule has 0 fully saturated rings. The number of benzene rings is 6. The third kappa shape index (κ3) is 11.0. The summed E-state index contributed by atoms with van der Waals surface area (Å²) in [5, 5.41) is 5.41. The highest BCUT2D eigenvalue weighted by Crippen LogP contribution is 2.35. The van der Waals surface area contributed by atoms with Crippen LogP contribution in [0.4, 0.5) is 26.3 Å². The van der Waals surface area contributed by atoms with Crippen LogP contribution in [0.15, 0.2) is 153 Å². The molecule has 4 heterocycles. The molecular weight excluding hydrogens is 1040 g/mol. The van der Waals surface area contributed by atoms with Crippen LogP contribution in [-0.2, 0) is 58.2 Å². The highest BCUT2D eigenvalue weighted by molar-refractivity contribution is 7.91. The number of carbonyl (C=O) groups excluding carboxylic acids is 2. The third-order valence-electron chi connectivity index (χ3n) is 12.3. The monoisotopic (exact) mass is 1080 g/mol. The Balaban J connectivity index is 0.000000186. The minimum absolute atomic E-state index is 0.0174. The van der Waals surface area contributed by atoms with Crippen molar-refractivity contribution in [3.8, 4) is 0 Å². The fourth-order valence-corrected chi connectivity index (χ4v) is 10.1. The zero-order chi connectivity index (χ0) is 54.2. The number of imidazole rings is 2. The zero-order valence-electron chi connectivity index (χ0n) is 40.0. The SMILES string of the molecule is CCS(=O)(=O)c1ccc(CNC(=O)c2ccc3c(c2)nc(C(F)(F)F)n3Cc2cccc3ncoc23)cc1.CCS(=O)(=O)c1ccc(CNC(=O)c2ccc3nc(C(F)(F)F)n(Cc4cccc5ncoc45)c3c2)cc1. The summed E-state index contributed by atoms with van der Waals surface area (Å²) in [5.41, 5.74) is 4.85. The number of nitrogens with zero attached hydrogens (tertiary/aromatic N) is 6. The standard InChI is InChI=1S/2C26H21F3N4O4S/c1-2-38(35,36)19-9-6-16(7-10-19)13-30-24(34)17-8-11-20-22(12-17)33(25(32-20)26(27,28)29)14-18-4-3-5-21-23(18)37-15-31-21;1-2-38(35,36)19-9-6-16(7-10-19)13-30-24(34)17-8-11-22-21(12-17)32-25(26(27,28)29)33(22)14-18-4-3-5-20-23(18)37-15-31-20/h2*3-12,15H,2,13-14H2,1H3,(H,30,34). The summed E-state index contributed by atoms with van der Waals surface area (Å²) in [5.74, 6) is -3.24. The molecule has 10 aromatic rings. The van der Waals surface area contributed by atoms with Gasteiger partial charge in [0.05, 0.1) is 56.5 Å². The molecule has 0 spiro atoms. The number of nitrogens with one attached hydrogen (secondary N) is 2. The van der Waals surface area contributed by atoms with E-state index in [-0.39, 0.29) is 80.7 Å². The van der Waals surface area contributed by atoms with E-state index in [1.54, 1.807) is 74.5 Å². The summed E-state index contributed by atoms with van der Waals surface area (Å²) in [4.78, 5) is 41.7. The van der Waals surface area contributed by atoms with Crippen LogP contribution in [0, 0.1) is 0 Å². The topological polar surface area (TPSA) is 214 Å². The number of aromatic nitrogens is 6. The van der Waals surface area contributed by atoms with Gasteiger partial charge >= 0.3 is 12.4 Å². The van der Waals surface area contributed by atoms with Gasteiger partial charge in [0.2, 0.25) is 11.6 Å². The first-order valence-electron chi connectivity index (χ1n) is 23.1. The van der Waals surface area contributed by atoms with Crippen LogP contribution < -0.4 is 10.6 Å². The van der Waals surface area contributed by atoms with Gasteiger partial charge in [-0.15, -0.1) is 0 Å². The van der Waals surface area contributed by atoms with E-state index in [0.29, 0.717) is 44.5 Å². The van der Waals surface area contributed by atoms with Crippen LogP contribution in [0.3, 0.4) is 0 Å². The lowest BCUT2D eigenvalue weighted by molar-refractivity contribution is -0.147. The normalized spacial score (nSPS) is 12.3. The van der Waals surface area contributed by atoms with Gasteiger partial charge < -0.3 is 28.6 Å². The van der Waals surface area contributed by atoms with Gasteiger partial charge in [-0.25, -0.2) is 36.8 Å². The summed E-state index contributed by atoms with van der Waals surface area (Å²) in [7, 11) is -6.67. The summed E-state index contributed by atoms with van der Waals surface area (Å²) >= 11 is 0. The molecule has 16 nitrogen and oxygen atoms in total. The molecule has 2 N–H and O–H groups in total. The van der Waals surface area contributed by atoms with Crippen molar-refractivity contribution < 1.29 is 61.6 Å². The van der Waals surface area contributed by atoms with E-state index < -0.39 is 55.5 Å². The lowest BCUT2D eigenvalue weighted by atomic mass is 10.1. The maximum Gasteiger partial charge on any atom is 0.449 e. The molecule has 6 aromatic carbocycles. The number of rotatable bonds is 14. The van der Waals surface area contributed by atoms with Crippen LogP contribution in [-0.4, -0.2) is 69.2 Å². The molecule has 0 saturated heterocycles. The zero-order valence-corrected chi connectivity index (χ0v) is 41.6. The van der Waals surface area contributed by atoms with Crippen molar-refractivity contribution in [1.82, 2.24) is 39.7 Å². The molecule has 76 heavy (non-hydrogen) atoms. The number of carbonyl (C=O) groups is 2. The van der Waals surface area contributed by atoms with Crippen molar-refractivity contribution in [1.29, 1.82) is 0 Å². The molecular formula is C52H42F6N8O8S2. The first kappa shape index (κ1) is 52.5. The largest absolute Gasteiger partial charge is 0.449 e. The third-order valence-corrected chi connectivity index (χ3v) is 15.8. The molecule has 0 aliphatic carbocycles. The van der Waals surface area contributed by atoms with E-state index in [4.69, 9.17) is 8.83 Å². The van der Waals surface area contributed by atoms with Gasteiger partial charge in [0.15, 0.2) is 43.6 Å². The fraction of sp³-hybridized carbons (Fsp3) is 0.192. The Hall–Kier alpha value is -8.38. The fourth-order valence-electron chi connectivity index (χ4n) is 8.30. The smallest absolute Gasteiger partial charge is 0.443 e. The van der Waals surface area contributed by atoms with Gasteiger partial charge in [0, 0.05) is 35.3 Å². The average molecular weight is 1090 g/mol. The van der Waals surface area contributed by atoms with Crippen molar-refractivity contribution >= 4 is 75.8 Å². The van der Waals surface area contributed by atoms with Crippen LogP contribution in [0.5, 0.6) is 0 Å². The van der Waals surface area contributed by atoms with Gasteiger partial charge in [-0.3, -0.25) is 9.59 Å². The van der Waals surface area contributed by atoms with Gasteiger partial charge in [0.25, 0.3) is 11.8 Å². The van der Waals surface area contributed by atoms with Gasteiger partial charge in [-0.1, -0.05) is 62.4 Å². The molecule has 10 rings (SSSR count). The number of sulfone groups is 2. The second-order valence-corrected chi connectivity index (χ2v) is 21.7. The Kier molecular flexibility index (Phi) is 14.3. The number of amides is 2. The molecule has 392 valence electrons. The second kappa shape index (κ2) is 20.7. The van der Waals surface area contributed by atoms with Crippen LogP contribution >= 0.6 is 0 Å². The van der Waals surface area contributed by atoms with Crippen molar-refractivity contribution in [2.75, 3.05) is 11.5 Å². The Labute approximate surface area is 428 Å². The number of halogens is 6. The lowest BCUT2D eigenvalue weighted by Gasteiger charge is -2.12. The summed E-state index contributed by atoms with van der Waals surface area (Å²) in [6.45, 7) is 2.95. The van der Waals surface area contributed by atoms with E-state index in [9.17, 15) is 52.8 Å². The highest BCUT2D eigenvalue weighted by Gasteiger charge is 2.39. The summed E-state index contributed by atoms with van der Waals surface area (Å²) in [6, 6.07) is 30.6. The van der Waals surface area contributed by atoms with Crippen LogP contribution in [0.1, 0.15) is 68.5 Å².